The van der Waals surface area contributed by atoms with E-state index >= 15 is 0 Å². The molecule has 0 bridgehead atoms. The fraction of sp³-hybridized carbons (Fsp3) is 0.429. The standard InChI is InChI=1S/C14H19NO5S/c1-14(2,3)20-13(18)15(9-12(16)17)10-5-7-11(8-6-10)21(4)19/h5-8H,9H2,1-4H3,(H,16,17). The summed E-state index contributed by atoms with van der Waals surface area (Å²) in [4.78, 5) is 24.6. The number of benzene rings is 1. The number of hydrogen-bond acceptors (Lipinski definition) is 4. The Bertz CT molecular complexity index is 547. The van der Waals surface area contributed by atoms with Crippen LogP contribution in [0.3, 0.4) is 0 Å². The number of rotatable bonds is 4. The quantitative estimate of drug-likeness (QED) is 0.921. The van der Waals surface area contributed by atoms with Crippen molar-refractivity contribution in [3.63, 3.8) is 0 Å². The van der Waals surface area contributed by atoms with Crippen molar-refractivity contribution in [1.82, 2.24) is 0 Å². The van der Waals surface area contributed by atoms with E-state index in [1.807, 2.05) is 0 Å². The molecule has 0 spiro atoms. The fourth-order valence-corrected chi connectivity index (χ4v) is 2.05. The van der Waals surface area contributed by atoms with Gasteiger partial charge in [0.1, 0.15) is 12.1 Å². The molecule has 7 heteroatoms. The number of carboxylic acids is 1. The summed E-state index contributed by atoms with van der Waals surface area (Å²) in [6.45, 7) is 4.59. The van der Waals surface area contributed by atoms with E-state index in [9.17, 15) is 13.8 Å². The van der Waals surface area contributed by atoms with Gasteiger partial charge < -0.3 is 9.84 Å². The highest BCUT2D eigenvalue weighted by atomic mass is 32.2. The molecule has 6 nitrogen and oxygen atoms in total. The molecule has 0 aliphatic carbocycles. The highest BCUT2D eigenvalue weighted by Crippen LogP contribution is 2.20. The molecule has 1 aromatic rings. The van der Waals surface area contributed by atoms with Crippen LogP contribution in [-0.4, -0.2) is 39.8 Å². The second-order valence-corrected chi connectivity index (χ2v) is 6.79. The van der Waals surface area contributed by atoms with Gasteiger partial charge in [-0.15, -0.1) is 0 Å². The van der Waals surface area contributed by atoms with Gasteiger partial charge in [-0.1, -0.05) is 0 Å². The maximum atomic E-state index is 12.1. The number of aliphatic carboxylic acids is 1. The number of anilines is 1. The largest absolute Gasteiger partial charge is 0.480 e. The lowest BCUT2D eigenvalue weighted by atomic mass is 10.2. The van der Waals surface area contributed by atoms with Gasteiger partial charge in [0.15, 0.2) is 0 Å². The molecule has 1 N–H and O–H groups in total. The summed E-state index contributed by atoms with van der Waals surface area (Å²) in [5.41, 5.74) is -0.348. The number of nitrogens with zero attached hydrogens (tertiary/aromatic N) is 1. The zero-order valence-electron chi connectivity index (χ0n) is 12.5. The third kappa shape index (κ3) is 5.55. The predicted octanol–water partition coefficient (Wildman–Crippen LogP) is 2.25. The summed E-state index contributed by atoms with van der Waals surface area (Å²) in [5.74, 6) is -1.15. The van der Waals surface area contributed by atoms with Crippen LogP contribution in [0.1, 0.15) is 20.8 Å². The maximum Gasteiger partial charge on any atom is 0.415 e. The summed E-state index contributed by atoms with van der Waals surface area (Å²) in [5, 5.41) is 8.94. The molecule has 0 aromatic heterocycles. The fourth-order valence-electron chi connectivity index (χ4n) is 1.53. The van der Waals surface area contributed by atoms with Crippen molar-refractivity contribution in [3.8, 4) is 0 Å². The van der Waals surface area contributed by atoms with Gasteiger partial charge in [0.05, 0.1) is 0 Å². The summed E-state index contributed by atoms with van der Waals surface area (Å²) in [7, 11) is -1.14. The molecule has 1 amide bonds. The monoisotopic (exact) mass is 313 g/mol. The van der Waals surface area contributed by atoms with Gasteiger partial charge in [-0.25, -0.2) is 4.79 Å². The lowest BCUT2D eigenvalue weighted by Gasteiger charge is -2.26. The molecule has 0 aliphatic heterocycles. The number of carbonyl (C=O) groups is 2. The molecule has 1 aromatic carbocycles. The van der Waals surface area contributed by atoms with Gasteiger partial charge in [0, 0.05) is 27.6 Å². The first-order chi connectivity index (χ1) is 9.60. The van der Waals surface area contributed by atoms with Gasteiger partial charge in [-0.3, -0.25) is 13.9 Å². The van der Waals surface area contributed by atoms with Crippen LogP contribution >= 0.6 is 0 Å². The second-order valence-electron chi connectivity index (χ2n) is 5.41. The normalized spacial score (nSPS) is 12.6. The third-order valence-electron chi connectivity index (χ3n) is 2.39. The Kier molecular flexibility index (Phi) is 5.48. The number of carboxylic acid groups (broad SMARTS) is 1. The van der Waals surface area contributed by atoms with Crippen molar-refractivity contribution < 1.29 is 23.6 Å². The zero-order valence-corrected chi connectivity index (χ0v) is 13.3. The zero-order chi connectivity index (χ0) is 16.2. The first kappa shape index (κ1) is 17.2. The van der Waals surface area contributed by atoms with E-state index in [4.69, 9.17) is 9.84 Å². The van der Waals surface area contributed by atoms with Gasteiger partial charge in [-0.05, 0) is 45.0 Å². The Balaban J connectivity index is 3.04. The maximum absolute atomic E-state index is 12.1. The van der Waals surface area contributed by atoms with Gasteiger partial charge in [0.2, 0.25) is 0 Å². The molecular weight excluding hydrogens is 294 g/mol. The minimum atomic E-state index is -1.15. The molecule has 0 saturated carbocycles. The number of amides is 1. The van der Waals surface area contributed by atoms with E-state index in [2.05, 4.69) is 0 Å². The Hall–Kier alpha value is -1.89. The van der Waals surface area contributed by atoms with Crippen LogP contribution in [0.2, 0.25) is 0 Å². The van der Waals surface area contributed by atoms with Crippen molar-refractivity contribution in [2.75, 3.05) is 17.7 Å². The molecule has 0 radical (unpaired) electrons. The Morgan fingerprint density at radius 1 is 1.24 bits per heavy atom. The minimum Gasteiger partial charge on any atom is -0.480 e. The molecule has 1 rings (SSSR count). The van der Waals surface area contributed by atoms with E-state index in [1.54, 1.807) is 45.0 Å². The lowest BCUT2D eigenvalue weighted by Crippen LogP contribution is -2.40. The highest BCUT2D eigenvalue weighted by molar-refractivity contribution is 7.84. The van der Waals surface area contributed by atoms with Crippen LogP contribution < -0.4 is 4.90 Å². The number of carbonyl (C=O) groups excluding carboxylic acids is 1. The smallest absolute Gasteiger partial charge is 0.415 e. The average molecular weight is 313 g/mol. The molecular formula is C14H19NO5S. The minimum absolute atomic E-state index is 0.376. The van der Waals surface area contributed by atoms with Gasteiger partial charge >= 0.3 is 12.1 Å². The molecule has 0 heterocycles. The second kappa shape index (κ2) is 6.71. The highest BCUT2D eigenvalue weighted by Gasteiger charge is 2.25. The average Bonchev–Trinajstić information content (AvgIpc) is 2.33. The van der Waals surface area contributed by atoms with Crippen molar-refractivity contribution in [3.05, 3.63) is 24.3 Å². The van der Waals surface area contributed by atoms with Crippen molar-refractivity contribution in [2.45, 2.75) is 31.3 Å². The van der Waals surface area contributed by atoms with Crippen LogP contribution in [0.5, 0.6) is 0 Å². The topological polar surface area (TPSA) is 83.9 Å². The van der Waals surface area contributed by atoms with Crippen LogP contribution in [-0.2, 0) is 20.3 Å². The Morgan fingerprint density at radius 2 is 1.76 bits per heavy atom. The number of ether oxygens (including phenoxy) is 1. The first-order valence-corrected chi connectivity index (χ1v) is 7.82. The van der Waals surface area contributed by atoms with E-state index in [0.29, 0.717) is 10.6 Å². The SMILES string of the molecule is CS(=O)c1ccc(N(CC(=O)O)C(=O)OC(C)(C)C)cc1. The van der Waals surface area contributed by atoms with E-state index in [-0.39, 0.29) is 0 Å². The third-order valence-corrected chi connectivity index (χ3v) is 3.32. The van der Waals surface area contributed by atoms with E-state index in [0.717, 1.165) is 4.90 Å². The molecule has 0 saturated heterocycles. The molecule has 21 heavy (non-hydrogen) atoms. The summed E-state index contributed by atoms with van der Waals surface area (Å²) in [6, 6.07) is 6.27. The van der Waals surface area contributed by atoms with Crippen molar-refractivity contribution in [2.24, 2.45) is 0 Å². The Morgan fingerprint density at radius 3 is 2.14 bits per heavy atom. The summed E-state index contributed by atoms with van der Waals surface area (Å²) in [6.07, 6.45) is 0.799. The van der Waals surface area contributed by atoms with Crippen molar-refractivity contribution >= 4 is 28.5 Å². The van der Waals surface area contributed by atoms with Gasteiger partial charge in [0.25, 0.3) is 0 Å². The molecule has 1 unspecified atom stereocenters. The van der Waals surface area contributed by atoms with Crippen molar-refractivity contribution in [1.29, 1.82) is 0 Å². The molecule has 116 valence electrons. The number of hydrogen-bond donors (Lipinski definition) is 1. The predicted molar refractivity (Wildman–Crippen MR) is 80.0 cm³/mol. The van der Waals surface area contributed by atoms with Crippen LogP contribution in [0.15, 0.2) is 29.2 Å². The first-order valence-electron chi connectivity index (χ1n) is 6.26. The molecule has 1 atom stereocenters. The summed E-state index contributed by atoms with van der Waals surface area (Å²) < 4.78 is 16.5. The van der Waals surface area contributed by atoms with E-state index in [1.165, 1.54) is 6.26 Å². The summed E-state index contributed by atoms with van der Waals surface area (Å²) >= 11 is 0. The van der Waals surface area contributed by atoms with Gasteiger partial charge in [-0.2, -0.15) is 0 Å². The molecule has 0 aliphatic rings. The van der Waals surface area contributed by atoms with E-state index < -0.39 is 35.0 Å². The molecule has 0 fully saturated rings. The van der Waals surface area contributed by atoms with Crippen LogP contribution in [0, 0.1) is 0 Å². The van der Waals surface area contributed by atoms with Crippen LogP contribution in [0.4, 0.5) is 10.5 Å². The lowest BCUT2D eigenvalue weighted by molar-refractivity contribution is -0.135. The van der Waals surface area contributed by atoms with Crippen LogP contribution in [0.25, 0.3) is 0 Å². The Labute approximate surface area is 126 Å².